The third kappa shape index (κ3) is 4.94. The molecule has 1 aliphatic carbocycles. The largest absolute Gasteiger partial charge is 0.248 e. The Labute approximate surface area is 92.4 Å². The van der Waals surface area contributed by atoms with Gasteiger partial charge in [0.1, 0.15) is 0 Å². The Bertz CT molecular complexity index is 177. The van der Waals surface area contributed by atoms with Crippen LogP contribution in [0.25, 0.3) is 0 Å². The Hall–Kier alpha value is -0.140. The second kappa shape index (κ2) is 5.81. The maximum atomic E-state index is 13.0. The molecule has 0 N–H and O–H groups in total. The molecule has 0 aromatic carbocycles. The van der Waals surface area contributed by atoms with Crippen molar-refractivity contribution in [3.63, 3.8) is 0 Å². The molecule has 1 aliphatic rings. The first-order chi connectivity index (χ1) is 7.03. The van der Waals surface area contributed by atoms with E-state index in [1.165, 1.54) is 25.7 Å². The van der Waals surface area contributed by atoms with Crippen molar-refractivity contribution in [3.05, 3.63) is 0 Å². The van der Waals surface area contributed by atoms with Crippen LogP contribution in [0.5, 0.6) is 0 Å². The Morgan fingerprint density at radius 3 is 2.60 bits per heavy atom. The van der Waals surface area contributed by atoms with Crippen molar-refractivity contribution < 1.29 is 8.78 Å². The van der Waals surface area contributed by atoms with Gasteiger partial charge in [-0.05, 0) is 24.7 Å². The standard InChI is InChI=1S/C13H24F2/c1-3-4-5-6-11(2)9-12-7-8-13(14,15)10-12/h11-12H,3-10H2,1-2H3. The molecule has 0 bridgehead atoms. The van der Waals surface area contributed by atoms with Gasteiger partial charge in [0.25, 0.3) is 0 Å². The predicted molar refractivity (Wildman–Crippen MR) is 60.2 cm³/mol. The average molecular weight is 218 g/mol. The first kappa shape index (κ1) is 12.9. The lowest BCUT2D eigenvalue weighted by Crippen LogP contribution is -2.11. The van der Waals surface area contributed by atoms with Gasteiger partial charge in [0.2, 0.25) is 5.92 Å². The van der Waals surface area contributed by atoms with Crippen molar-refractivity contribution in [3.8, 4) is 0 Å². The minimum Gasteiger partial charge on any atom is -0.207 e. The Kier molecular flexibility index (Phi) is 5.01. The van der Waals surface area contributed by atoms with Gasteiger partial charge in [-0.2, -0.15) is 0 Å². The summed E-state index contributed by atoms with van der Waals surface area (Å²) in [6.07, 6.45) is 7.03. The summed E-state index contributed by atoms with van der Waals surface area (Å²) in [7, 11) is 0. The smallest absolute Gasteiger partial charge is 0.207 e. The van der Waals surface area contributed by atoms with E-state index in [9.17, 15) is 8.78 Å². The molecular weight excluding hydrogens is 194 g/mol. The molecule has 1 rings (SSSR count). The molecule has 0 spiro atoms. The molecule has 2 heteroatoms. The fourth-order valence-electron chi connectivity index (χ4n) is 2.67. The van der Waals surface area contributed by atoms with Crippen LogP contribution in [-0.4, -0.2) is 5.92 Å². The SMILES string of the molecule is CCCCCC(C)CC1CCC(F)(F)C1. The van der Waals surface area contributed by atoms with Crippen molar-refractivity contribution >= 4 is 0 Å². The van der Waals surface area contributed by atoms with Gasteiger partial charge in [-0.15, -0.1) is 0 Å². The van der Waals surface area contributed by atoms with Crippen LogP contribution in [0, 0.1) is 11.8 Å². The van der Waals surface area contributed by atoms with Crippen molar-refractivity contribution in [2.24, 2.45) is 11.8 Å². The van der Waals surface area contributed by atoms with Crippen molar-refractivity contribution in [1.82, 2.24) is 0 Å². The molecule has 1 fully saturated rings. The average Bonchev–Trinajstić information content (AvgIpc) is 2.46. The molecule has 0 aromatic rings. The van der Waals surface area contributed by atoms with Gasteiger partial charge >= 0.3 is 0 Å². The lowest BCUT2D eigenvalue weighted by Gasteiger charge is -2.16. The van der Waals surface area contributed by atoms with Crippen LogP contribution in [0.1, 0.15) is 65.2 Å². The van der Waals surface area contributed by atoms with E-state index in [0.717, 1.165) is 12.8 Å². The molecule has 0 amide bonds. The van der Waals surface area contributed by atoms with Gasteiger partial charge in [0, 0.05) is 12.8 Å². The molecule has 1 saturated carbocycles. The monoisotopic (exact) mass is 218 g/mol. The van der Waals surface area contributed by atoms with Gasteiger partial charge in [-0.1, -0.05) is 39.5 Å². The summed E-state index contributed by atoms with van der Waals surface area (Å²) in [6, 6.07) is 0. The van der Waals surface area contributed by atoms with E-state index in [1.54, 1.807) is 0 Å². The van der Waals surface area contributed by atoms with E-state index in [-0.39, 0.29) is 18.8 Å². The summed E-state index contributed by atoms with van der Waals surface area (Å²) in [4.78, 5) is 0. The van der Waals surface area contributed by atoms with Gasteiger partial charge in [0.15, 0.2) is 0 Å². The Morgan fingerprint density at radius 1 is 1.33 bits per heavy atom. The van der Waals surface area contributed by atoms with Gasteiger partial charge in [-0.25, -0.2) is 8.78 Å². The summed E-state index contributed by atoms with van der Waals surface area (Å²) in [5.41, 5.74) is 0. The molecule has 90 valence electrons. The molecule has 0 radical (unpaired) electrons. The van der Waals surface area contributed by atoms with Crippen molar-refractivity contribution in [2.75, 3.05) is 0 Å². The van der Waals surface area contributed by atoms with Crippen LogP contribution in [0.3, 0.4) is 0 Å². The molecule has 2 unspecified atom stereocenters. The predicted octanol–water partition coefficient (Wildman–Crippen LogP) is 5.03. The molecule has 2 atom stereocenters. The summed E-state index contributed by atoms with van der Waals surface area (Å²) < 4.78 is 25.9. The fourth-order valence-corrected chi connectivity index (χ4v) is 2.67. The van der Waals surface area contributed by atoms with Crippen LogP contribution in [0.2, 0.25) is 0 Å². The van der Waals surface area contributed by atoms with E-state index in [4.69, 9.17) is 0 Å². The normalized spacial score (nSPS) is 26.8. The van der Waals surface area contributed by atoms with Crippen molar-refractivity contribution in [1.29, 1.82) is 0 Å². The van der Waals surface area contributed by atoms with Gasteiger partial charge in [0.05, 0.1) is 0 Å². The molecule has 0 heterocycles. The topological polar surface area (TPSA) is 0 Å². The minimum atomic E-state index is -2.35. The zero-order chi connectivity index (χ0) is 11.3. The third-order valence-electron chi connectivity index (χ3n) is 3.54. The number of hydrogen-bond donors (Lipinski definition) is 0. The number of rotatable bonds is 6. The highest BCUT2D eigenvalue weighted by atomic mass is 19.3. The van der Waals surface area contributed by atoms with Crippen LogP contribution >= 0.6 is 0 Å². The summed E-state index contributed by atoms with van der Waals surface area (Å²) >= 11 is 0. The number of unbranched alkanes of at least 4 members (excludes halogenated alkanes) is 2. The van der Waals surface area contributed by atoms with Crippen molar-refractivity contribution in [2.45, 2.75) is 71.1 Å². The summed E-state index contributed by atoms with van der Waals surface area (Å²) in [5, 5.41) is 0. The highest BCUT2D eigenvalue weighted by molar-refractivity contribution is 4.82. The lowest BCUT2D eigenvalue weighted by atomic mass is 9.91. The number of hydrogen-bond acceptors (Lipinski definition) is 0. The van der Waals surface area contributed by atoms with E-state index in [2.05, 4.69) is 13.8 Å². The highest BCUT2D eigenvalue weighted by Crippen LogP contribution is 2.41. The van der Waals surface area contributed by atoms with E-state index in [1.807, 2.05) is 0 Å². The highest BCUT2D eigenvalue weighted by Gasteiger charge is 2.39. The van der Waals surface area contributed by atoms with Crippen LogP contribution in [0.15, 0.2) is 0 Å². The second-order valence-corrected chi connectivity index (χ2v) is 5.30. The molecule has 0 nitrogen and oxygen atoms in total. The van der Waals surface area contributed by atoms with Crippen LogP contribution in [0.4, 0.5) is 8.78 Å². The molecule has 0 aliphatic heterocycles. The summed E-state index contributed by atoms with van der Waals surface area (Å²) in [6.45, 7) is 4.41. The van der Waals surface area contributed by atoms with E-state index in [0.29, 0.717) is 5.92 Å². The molecule has 15 heavy (non-hydrogen) atoms. The first-order valence-corrected chi connectivity index (χ1v) is 6.41. The quantitative estimate of drug-likeness (QED) is 0.549. The second-order valence-electron chi connectivity index (χ2n) is 5.30. The molecule has 0 aromatic heterocycles. The Balaban J connectivity index is 2.13. The minimum absolute atomic E-state index is 0.124. The zero-order valence-corrected chi connectivity index (χ0v) is 10.1. The summed E-state index contributed by atoms with van der Waals surface area (Å²) in [5.74, 6) is -1.43. The fraction of sp³-hybridized carbons (Fsp3) is 1.00. The number of alkyl halides is 2. The molecular formula is C13H24F2. The van der Waals surface area contributed by atoms with E-state index >= 15 is 0 Å². The number of halogens is 2. The zero-order valence-electron chi connectivity index (χ0n) is 10.1. The van der Waals surface area contributed by atoms with Gasteiger partial charge in [-0.3, -0.25) is 0 Å². The van der Waals surface area contributed by atoms with E-state index < -0.39 is 5.92 Å². The van der Waals surface area contributed by atoms with Crippen LogP contribution in [-0.2, 0) is 0 Å². The van der Waals surface area contributed by atoms with Crippen LogP contribution < -0.4 is 0 Å². The molecule has 0 saturated heterocycles. The third-order valence-corrected chi connectivity index (χ3v) is 3.54. The Morgan fingerprint density at radius 2 is 2.07 bits per heavy atom. The first-order valence-electron chi connectivity index (χ1n) is 6.41. The lowest BCUT2D eigenvalue weighted by molar-refractivity contribution is 0.00410. The van der Waals surface area contributed by atoms with Gasteiger partial charge < -0.3 is 0 Å². The maximum Gasteiger partial charge on any atom is 0.248 e. The maximum absolute atomic E-state index is 13.0.